The van der Waals surface area contributed by atoms with Crippen LogP contribution in [-0.2, 0) is 14.8 Å². The highest BCUT2D eigenvalue weighted by molar-refractivity contribution is 7.89. The van der Waals surface area contributed by atoms with E-state index >= 15 is 0 Å². The Kier molecular flexibility index (Phi) is 4.15. The van der Waals surface area contributed by atoms with Crippen molar-refractivity contribution in [1.29, 1.82) is 0 Å². The second-order valence-corrected chi connectivity index (χ2v) is 7.24. The number of carboxylic acids is 1. The fourth-order valence-corrected chi connectivity index (χ4v) is 3.38. The summed E-state index contributed by atoms with van der Waals surface area (Å²) in [4.78, 5) is 11.2. The van der Waals surface area contributed by atoms with E-state index in [-0.39, 0.29) is 10.8 Å². The highest BCUT2D eigenvalue weighted by Gasteiger charge is 2.28. The average molecular weight is 297 g/mol. The first-order valence-electron chi connectivity index (χ1n) is 6.66. The van der Waals surface area contributed by atoms with Gasteiger partial charge in [-0.15, -0.1) is 0 Å². The summed E-state index contributed by atoms with van der Waals surface area (Å²) in [5.74, 6) is -0.937. The molecule has 0 radical (unpaired) electrons. The average Bonchev–Trinajstić information content (AvgIpc) is 3.20. The van der Waals surface area contributed by atoms with Gasteiger partial charge < -0.3 is 5.11 Å². The summed E-state index contributed by atoms with van der Waals surface area (Å²) in [6.45, 7) is 3.33. The summed E-state index contributed by atoms with van der Waals surface area (Å²) in [5.41, 5.74) is 1.14. The number of rotatable bonds is 6. The van der Waals surface area contributed by atoms with E-state index in [1.54, 1.807) is 26.0 Å². The Morgan fingerprint density at radius 3 is 2.20 bits per heavy atom. The van der Waals surface area contributed by atoms with E-state index in [1.807, 2.05) is 0 Å². The largest absolute Gasteiger partial charge is 0.480 e. The maximum Gasteiger partial charge on any atom is 0.322 e. The van der Waals surface area contributed by atoms with Crippen LogP contribution in [0.3, 0.4) is 0 Å². The van der Waals surface area contributed by atoms with Crippen molar-refractivity contribution in [1.82, 2.24) is 4.72 Å². The molecule has 5 nitrogen and oxygen atoms in total. The molecule has 1 aromatic carbocycles. The van der Waals surface area contributed by atoms with Crippen molar-refractivity contribution in [3.8, 4) is 0 Å². The Morgan fingerprint density at radius 2 is 1.80 bits per heavy atom. The molecule has 1 fully saturated rings. The van der Waals surface area contributed by atoms with E-state index in [0.29, 0.717) is 5.92 Å². The third-order valence-corrected chi connectivity index (χ3v) is 4.91. The Balaban J connectivity index is 2.18. The molecule has 0 aliphatic heterocycles. The lowest BCUT2D eigenvalue weighted by atomic mass is 10.1. The zero-order valence-corrected chi connectivity index (χ0v) is 12.4. The van der Waals surface area contributed by atoms with Crippen LogP contribution in [0, 0.1) is 5.92 Å². The van der Waals surface area contributed by atoms with E-state index < -0.39 is 22.0 Å². The summed E-state index contributed by atoms with van der Waals surface area (Å²) < 4.78 is 26.6. The van der Waals surface area contributed by atoms with Gasteiger partial charge in [0.15, 0.2) is 0 Å². The van der Waals surface area contributed by atoms with Gasteiger partial charge in [0.25, 0.3) is 0 Å². The number of nitrogens with one attached hydrogen (secondary N) is 1. The third kappa shape index (κ3) is 3.37. The van der Waals surface area contributed by atoms with Crippen LogP contribution in [0.4, 0.5) is 0 Å². The topological polar surface area (TPSA) is 83.5 Å². The molecule has 110 valence electrons. The van der Waals surface area contributed by atoms with Gasteiger partial charge in [0.1, 0.15) is 6.04 Å². The van der Waals surface area contributed by atoms with Gasteiger partial charge in [-0.2, -0.15) is 4.72 Å². The minimum atomic E-state index is -3.80. The molecule has 1 atom stereocenters. The molecule has 1 saturated carbocycles. The molecule has 6 heteroatoms. The maximum absolute atomic E-state index is 12.2. The molecule has 0 spiro atoms. The van der Waals surface area contributed by atoms with Gasteiger partial charge in [-0.1, -0.05) is 26.0 Å². The van der Waals surface area contributed by atoms with Crippen LogP contribution in [0.5, 0.6) is 0 Å². The number of benzene rings is 1. The van der Waals surface area contributed by atoms with E-state index in [4.69, 9.17) is 5.11 Å². The van der Waals surface area contributed by atoms with E-state index in [2.05, 4.69) is 4.72 Å². The lowest BCUT2D eigenvalue weighted by molar-refractivity contribution is -0.140. The van der Waals surface area contributed by atoms with Gasteiger partial charge in [-0.05, 0) is 42.4 Å². The van der Waals surface area contributed by atoms with Gasteiger partial charge in [0.2, 0.25) is 10.0 Å². The van der Waals surface area contributed by atoms with Crippen LogP contribution < -0.4 is 4.72 Å². The molecule has 2 N–H and O–H groups in total. The first-order valence-corrected chi connectivity index (χ1v) is 8.14. The molecule has 0 heterocycles. The van der Waals surface area contributed by atoms with Crippen molar-refractivity contribution < 1.29 is 18.3 Å². The van der Waals surface area contributed by atoms with Gasteiger partial charge in [-0.3, -0.25) is 4.79 Å². The molecule has 1 aliphatic carbocycles. The van der Waals surface area contributed by atoms with Crippen LogP contribution in [0.2, 0.25) is 0 Å². The Morgan fingerprint density at radius 1 is 1.25 bits per heavy atom. The smallest absolute Gasteiger partial charge is 0.322 e. The first-order chi connectivity index (χ1) is 9.31. The number of aliphatic carboxylic acids is 1. The molecule has 0 unspecified atom stereocenters. The van der Waals surface area contributed by atoms with Gasteiger partial charge in [-0.25, -0.2) is 8.42 Å². The van der Waals surface area contributed by atoms with E-state index in [9.17, 15) is 13.2 Å². The number of hydrogen-bond donors (Lipinski definition) is 2. The maximum atomic E-state index is 12.2. The second kappa shape index (κ2) is 5.54. The summed E-state index contributed by atoms with van der Waals surface area (Å²) in [7, 11) is -3.80. The van der Waals surface area contributed by atoms with Crippen LogP contribution in [0.15, 0.2) is 29.2 Å². The van der Waals surface area contributed by atoms with E-state index in [0.717, 1.165) is 18.4 Å². The molecule has 0 bridgehead atoms. The molecular weight excluding hydrogens is 278 g/mol. The van der Waals surface area contributed by atoms with Crippen LogP contribution >= 0.6 is 0 Å². The van der Waals surface area contributed by atoms with Gasteiger partial charge >= 0.3 is 5.97 Å². The van der Waals surface area contributed by atoms with Crippen LogP contribution in [0.25, 0.3) is 0 Å². The molecule has 0 amide bonds. The van der Waals surface area contributed by atoms with Crippen LogP contribution in [-0.4, -0.2) is 25.5 Å². The van der Waals surface area contributed by atoms with Crippen molar-refractivity contribution in [2.75, 3.05) is 0 Å². The lowest BCUT2D eigenvalue weighted by Crippen LogP contribution is -2.44. The van der Waals surface area contributed by atoms with Crippen LogP contribution in [0.1, 0.15) is 38.2 Å². The zero-order valence-electron chi connectivity index (χ0n) is 11.5. The summed E-state index contributed by atoms with van der Waals surface area (Å²) in [6, 6.07) is 5.56. The molecular formula is C14H19NO4S. The highest BCUT2D eigenvalue weighted by atomic mass is 32.2. The molecule has 2 rings (SSSR count). The number of hydrogen-bond acceptors (Lipinski definition) is 3. The molecule has 0 saturated heterocycles. The summed E-state index contributed by atoms with van der Waals surface area (Å²) in [6.07, 6.45) is 2.30. The SMILES string of the molecule is CC(C)[C@@H](NS(=O)(=O)c1ccc(C2CC2)cc1)C(=O)O. The molecule has 1 aromatic rings. The predicted molar refractivity (Wildman–Crippen MR) is 75.0 cm³/mol. The monoisotopic (exact) mass is 297 g/mol. The Labute approximate surface area is 119 Å². The van der Waals surface area contributed by atoms with Crippen molar-refractivity contribution >= 4 is 16.0 Å². The lowest BCUT2D eigenvalue weighted by Gasteiger charge is -2.18. The minimum Gasteiger partial charge on any atom is -0.480 e. The molecule has 1 aliphatic rings. The number of sulfonamides is 1. The van der Waals surface area contributed by atoms with Crippen molar-refractivity contribution in [2.45, 2.75) is 43.5 Å². The minimum absolute atomic E-state index is 0.105. The normalized spacial score (nSPS) is 17.1. The van der Waals surface area contributed by atoms with E-state index in [1.165, 1.54) is 12.1 Å². The quantitative estimate of drug-likeness (QED) is 0.840. The third-order valence-electron chi connectivity index (χ3n) is 3.45. The molecule has 0 aromatic heterocycles. The standard InChI is InChI=1S/C14H19NO4S/c1-9(2)13(14(16)17)15-20(18,19)12-7-5-11(6-8-12)10-3-4-10/h5-10,13,15H,3-4H2,1-2H3,(H,16,17)/t13-/m1/s1. The number of carboxylic acid groups (broad SMARTS) is 1. The fourth-order valence-electron chi connectivity index (χ4n) is 2.04. The Bertz CT molecular complexity index is 588. The summed E-state index contributed by atoms with van der Waals surface area (Å²) >= 11 is 0. The number of carbonyl (C=O) groups is 1. The highest BCUT2D eigenvalue weighted by Crippen LogP contribution is 2.40. The Hall–Kier alpha value is -1.40. The summed E-state index contributed by atoms with van der Waals surface area (Å²) in [5, 5.41) is 9.05. The van der Waals surface area contributed by atoms with Crippen molar-refractivity contribution in [3.05, 3.63) is 29.8 Å². The second-order valence-electron chi connectivity index (χ2n) is 5.52. The van der Waals surface area contributed by atoms with Gasteiger partial charge in [0.05, 0.1) is 4.90 Å². The molecule has 20 heavy (non-hydrogen) atoms. The first kappa shape index (κ1) is 15.0. The van der Waals surface area contributed by atoms with Crippen molar-refractivity contribution in [3.63, 3.8) is 0 Å². The predicted octanol–water partition coefficient (Wildman–Crippen LogP) is 1.95. The van der Waals surface area contributed by atoms with Gasteiger partial charge in [0, 0.05) is 0 Å². The zero-order chi connectivity index (χ0) is 14.9. The van der Waals surface area contributed by atoms with Crippen molar-refractivity contribution in [2.24, 2.45) is 5.92 Å². The fraction of sp³-hybridized carbons (Fsp3) is 0.500.